The van der Waals surface area contributed by atoms with Crippen LogP contribution in [0, 0.1) is 11.3 Å². The first-order valence-corrected chi connectivity index (χ1v) is 9.80. The Balaban J connectivity index is 3.03. The van der Waals surface area contributed by atoms with Crippen molar-refractivity contribution in [2.24, 2.45) is 11.3 Å². The van der Waals surface area contributed by atoms with E-state index in [1.165, 1.54) is 13.0 Å². The number of allylic oxidation sites excluding steroid dienone is 12. The molecule has 0 saturated heterocycles. The van der Waals surface area contributed by atoms with Gasteiger partial charge in [0.15, 0.2) is 23.2 Å². The van der Waals surface area contributed by atoms with Gasteiger partial charge in [-0.15, -0.1) is 0 Å². The third-order valence-electron chi connectivity index (χ3n) is 5.08. The summed E-state index contributed by atoms with van der Waals surface area (Å²) in [4.78, 5) is 0. The molecule has 0 aliphatic heterocycles. The predicted octanol–water partition coefficient (Wildman–Crippen LogP) is 9.28. The van der Waals surface area contributed by atoms with E-state index in [0.29, 0.717) is 12.2 Å². The average Bonchev–Trinajstić information content (AvgIpc) is 3.10. The van der Waals surface area contributed by atoms with Crippen molar-refractivity contribution in [3.63, 3.8) is 0 Å². The third kappa shape index (κ3) is 6.62. The van der Waals surface area contributed by atoms with Crippen LogP contribution in [-0.2, 0) is 4.74 Å². The molecule has 0 aromatic rings. The van der Waals surface area contributed by atoms with Gasteiger partial charge in [0.1, 0.15) is 5.83 Å². The molecule has 0 aromatic carbocycles. The van der Waals surface area contributed by atoms with Gasteiger partial charge in [0, 0.05) is 11.1 Å². The molecule has 2 atom stereocenters. The van der Waals surface area contributed by atoms with E-state index in [-0.39, 0.29) is 17.9 Å². The molecular weight excluding hydrogens is 461 g/mol. The third-order valence-corrected chi connectivity index (χ3v) is 5.08. The number of halogens is 7. The molecule has 0 aromatic heterocycles. The van der Waals surface area contributed by atoms with Gasteiger partial charge in [-0.2, -0.15) is 13.2 Å². The summed E-state index contributed by atoms with van der Waals surface area (Å²) in [6.07, 6.45) is 0.00489. The zero-order valence-electron chi connectivity index (χ0n) is 18.9. The first-order chi connectivity index (χ1) is 15.4. The number of rotatable bonds is 11. The summed E-state index contributed by atoms with van der Waals surface area (Å²) in [7, 11) is 0. The fourth-order valence-corrected chi connectivity index (χ4v) is 2.91. The summed E-state index contributed by atoms with van der Waals surface area (Å²) < 4.78 is 103. The maximum atomic E-state index is 14.6. The Morgan fingerprint density at radius 2 is 1.38 bits per heavy atom. The summed E-state index contributed by atoms with van der Waals surface area (Å²) in [5, 5.41) is 0. The molecule has 1 rings (SSSR count). The Morgan fingerprint density at radius 3 is 1.85 bits per heavy atom. The van der Waals surface area contributed by atoms with Crippen molar-refractivity contribution in [2.45, 2.75) is 26.4 Å². The molecule has 0 radical (unpaired) electrons. The van der Waals surface area contributed by atoms with Crippen molar-refractivity contribution in [1.29, 1.82) is 0 Å². The summed E-state index contributed by atoms with van der Waals surface area (Å²) in [5.41, 5.74) is -3.98. The fourth-order valence-electron chi connectivity index (χ4n) is 2.91. The van der Waals surface area contributed by atoms with Crippen LogP contribution in [-0.4, -0.2) is 6.11 Å². The van der Waals surface area contributed by atoms with Gasteiger partial charge in [-0.05, 0) is 42.6 Å². The molecule has 0 fully saturated rings. The van der Waals surface area contributed by atoms with Gasteiger partial charge in [0.25, 0.3) is 0 Å². The number of hydrogen-bond acceptors (Lipinski definition) is 1. The Morgan fingerprint density at radius 1 is 0.882 bits per heavy atom. The second-order valence-electron chi connectivity index (χ2n) is 8.03. The van der Waals surface area contributed by atoms with Crippen LogP contribution in [0.5, 0.6) is 0 Å². The van der Waals surface area contributed by atoms with E-state index in [9.17, 15) is 30.7 Å². The van der Waals surface area contributed by atoms with Crippen LogP contribution in [0.4, 0.5) is 30.7 Å². The molecule has 1 unspecified atom stereocenters. The Bertz CT molecular complexity index is 1070. The molecule has 0 saturated carbocycles. The minimum absolute atomic E-state index is 0.0163. The molecule has 1 nitrogen and oxygen atoms in total. The van der Waals surface area contributed by atoms with Crippen LogP contribution < -0.4 is 0 Å². The first kappa shape index (κ1) is 28.7. The van der Waals surface area contributed by atoms with E-state index < -0.39 is 63.1 Å². The van der Waals surface area contributed by atoms with Gasteiger partial charge in [0.2, 0.25) is 5.83 Å². The maximum absolute atomic E-state index is 14.6. The average molecular weight is 486 g/mol. The highest BCUT2D eigenvalue weighted by Gasteiger charge is 2.54. The SMILES string of the molecule is C=C(/C=C(/F)C(=C)C(=C)/C=C(/F)C(=C)F)C(=C)/C(F)=C(/F)C(=C)OC(F)(F)[C@@]1(C)C=CC(C)C1. The standard InChI is InChI=1S/C26H25F7O/c1-14-9-10-25(8,13-14)26(32,33)34-20(7)24(31)23(30)18(5)16(3)11-21(28)17(4)15(2)12-22(29)19(6)27/h9-12,14H,2-7,13H2,1,8H3/b21-11+,22-12+,24-23-/t14?,25-/m0/s1. The molecule has 0 amide bonds. The van der Waals surface area contributed by atoms with Crippen LogP contribution in [0.2, 0.25) is 0 Å². The minimum Gasteiger partial charge on any atom is -0.429 e. The quantitative estimate of drug-likeness (QED) is 0.122. The summed E-state index contributed by atoms with van der Waals surface area (Å²) in [6, 6.07) is 0. The van der Waals surface area contributed by atoms with Gasteiger partial charge in [-0.3, -0.25) is 0 Å². The lowest BCUT2D eigenvalue weighted by Crippen LogP contribution is -2.39. The van der Waals surface area contributed by atoms with E-state index in [2.05, 4.69) is 44.2 Å². The second-order valence-corrected chi connectivity index (χ2v) is 8.03. The maximum Gasteiger partial charge on any atom is 0.406 e. The number of hydrogen-bond donors (Lipinski definition) is 0. The van der Waals surface area contributed by atoms with Crippen molar-refractivity contribution < 1.29 is 35.5 Å². The van der Waals surface area contributed by atoms with Gasteiger partial charge in [0.05, 0.1) is 5.41 Å². The summed E-state index contributed by atoms with van der Waals surface area (Å²) >= 11 is 0. The van der Waals surface area contributed by atoms with Crippen molar-refractivity contribution >= 4 is 0 Å². The molecular formula is C26H25F7O. The molecule has 0 N–H and O–H groups in total. The highest BCUT2D eigenvalue weighted by Crippen LogP contribution is 2.49. The molecule has 1 aliphatic carbocycles. The van der Waals surface area contributed by atoms with E-state index in [1.54, 1.807) is 13.0 Å². The zero-order chi connectivity index (χ0) is 26.6. The van der Waals surface area contributed by atoms with Crippen molar-refractivity contribution in [3.05, 3.63) is 121 Å². The fraction of sp³-hybridized carbons (Fsp3) is 0.231. The largest absolute Gasteiger partial charge is 0.429 e. The Labute approximate surface area is 194 Å². The lowest BCUT2D eigenvalue weighted by atomic mass is 9.86. The van der Waals surface area contributed by atoms with Crippen molar-refractivity contribution in [1.82, 2.24) is 0 Å². The monoisotopic (exact) mass is 486 g/mol. The van der Waals surface area contributed by atoms with Gasteiger partial charge in [-0.25, -0.2) is 17.6 Å². The van der Waals surface area contributed by atoms with E-state index in [4.69, 9.17) is 0 Å². The molecule has 0 bridgehead atoms. The highest BCUT2D eigenvalue weighted by atomic mass is 19.3. The van der Waals surface area contributed by atoms with Gasteiger partial charge >= 0.3 is 6.11 Å². The van der Waals surface area contributed by atoms with Crippen LogP contribution in [0.1, 0.15) is 20.3 Å². The normalized spacial score (nSPS) is 21.6. The molecule has 184 valence electrons. The summed E-state index contributed by atoms with van der Waals surface area (Å²) in [6.45, 7) is 21.8. The number of alkyl halides is 2. The van der Waals surface area contributed by atoms with E-state index >= 15 is 0 Å². The van der Waals surface area contributed by atoms with Gasteiger partial charge < -0.3 is 4.74 Å². The van der Waals surface area contributed by atoms with Crippen LogP contribution in [0.3, 0.4) is 0 Å². The first-order valence-electron chi connectivity index (χ1n) is 9.80. The van der Waals surface area contributed by atoms with Crippen molar-refractivity contribution in [3.8, 4) is 0 Å². The topological polar surface area (TPSA) is 9.23 Å². The molecule has 34 heavy (non-hydrogen) atoms. The second kappa shape index (κ2) is 10.8. The molecule has 0 spiro atoms. The Hall–Kier alpha value is -3.29. The minimum atomic E-state index is -3.90. The van der Waals surface area contributed by atoms with E-state index in [1.807, 2.05) is 0 Å². The van der Waals surface area contributed by atoms with E-state index in [0.717, 1.165) is 0 Å². The predicted molar refractivity (Wildman–Crippen MR) is 121 cm³/mol. The lowest BCUT2D eigenvalue weighted by molar-refractivity contribution is -0.270. The molecule has 0 heterocycles. The molecule has 8 heteroatoms. The lowest BCUT2D eigenvalue weighted by Gasteiger charge is -2.32. The van der Waals surface area contributed by atoms with Crippen LogP contribution >= 0.6 is 0 Å². The molecule has 1 aliphatic rings. The Kier molecular flexibility index (Phi) is 9.09. The summed E-state index contributed by atoms with van der Waals surface area (Å²) in [5.74, 6) is -9.13. The smallest absolute Gasteiger partial charge is 0.406 e. The number of ether oxygens (including phenoxy) is 1. The van der Waals surface area contributed by atoms with Gasteiger partial charge in [-0.1, -0.05) is 58.5 Å². The van der Waals surface area contributed by atoms with Crippen LogP contribution in [0.25, 0.3) is 0 Å². The van der Waals surface area contributed by atoms with Crippen molar-refractivity contribution in [2.75, 3.05) is 0 Å². The van der Waals surface area contributed by atoms with Crippen LogP contribution in [0.15, 0.2) is 121 Å². The highest BCUT2D eigenvalue weighted by molar-refractivity contribution is 5.54. The zero-order valence-corrected chi connectivity index (χ0v) is 18.9.